The predicted octanol–water partition coefficient (Wildman–Crippen LogP) is 2.30. The fraction of sp³-hybridized carbons (Fsp3) is 0.316. The maximum atomic E-state index is 12.3. The molecule has 0 aliphatic carbocycles. The van der Waals surface area contributed by atoms with Crippen LogP contribution in [0.15, 0.2) is 30.6 Å². The number of anilines is 2. The lowest BCUT2D eigenvalue weighted by molar-refractivity contribution is -0.117. The molecule has 1 N–H and O–H groups in total. The molecule has 1 aromatic carbocycles. The number of amides is 2. The van der Waals surface area contributed by atoms with E-state index in [1.54, 1.807) is 40.7 Å². The van der Waals surface area contributed by atoms with Crippen LogP contribution in [0.5, 0.6) is 0 Å². The van der Waals surface area contributed by atoms with E-state index in [0.717, 1.165) is 22.6 Å². The third kappa shape index (κ3) is 3.94. The number of rotatable bonds is 5. The Labute approximate surface area is 157 Å². The van der Waals surface area contributed by atoms with E-state index in [2.05, 4.69) is 20.4 Å². The summed E-state index contributed by atoms with van der Waals surface area (Å²) in [4.78, 5) is 33.8. The second-order valence-corrected chi connectivity index (χ2v) is 6.41. The molecule has 2 heterocycles. The topological polar surface area (TPSA) is 92.5 Å². The molecule has 0 spiro atoms. The van der Waals surface area contributed by atoms with E-state index in [9.17, 15) is 9.59 Å². The highest BCUT2D eigenvalue weighted by atomic mass is 16.2. The Hall–Kier alpha value is -3.29. The molecule has 140 valence electrons. The zero-order chi connectivity index (χ0) is 19.6. The van der Waals surface area contributed by atoms with Crippen molar-refractivity contribution in [2.75, 3.05) is 17.3 Å². The highest BCUT2D eigenvalue weighted by molar-refractivity contribution is 5.93. The first-order valence-corrected chi connectivity index (χ1v) is 8.67. The molecule has 0 unspecified atom stereocenters. The molecule has 2 amide bonds. The molecule has 0 aliphatic rings. The number of benzene rings is 1. The molecule has 0 radical (unpaired) electrons. The van der Waals surface area contributed by atoms with Crippen LogP contribution in [0.1, 0.15) is 30.3 Å². The van der Waals surface area contributed by atoms with Gasteiger partial charge in [-0.2, -0.15) is 10.1 Å². The summed E-state index contributed by atoms with van der Waals surface area (Å²) in [5, 5.41) is 7.05. The van der Waals surface area contributed by atoms with Gasteiger partial charge in [-0.05, 0) is 50.1 Å². The molecule has 0 bridgehead atoms. The van der Waals surface area contributed by atoms with E-state index in [4.69, 9.17) is 0 Å². The van der Waals surface area contributed by atoms with Gasteiger partial charge in [-0.3, -0.25) is 9.59 Å². The molecule has 0 saturated carbocycles. The minimum Gasteiger partial charge on any atom is -0.326 e. The SMILES string of the molecule is CC(=O)N(C)c1ccc(NC(=O)CCc2c(C)nc3ncnn3c2C)cc1. The summed E-state index contributed by atoms with van der Waals surface area (Å²) in [5.41, 5.74) is 4.27. The molecule has 0 saturated heterocycles. The smallest absolute Gasteiger partial charge is 0.252 e. The summed E-state index contributed by atoms with van der Waals surface area (Å²) in [5.74, 6) is 0.435. The molecule has 27 heavy (non-hydrogen) atoms. The minimum absolute atomic E-state index is 0.0458. The van der Waals surface area contributed by atoms with Gasteiger partial charge >= 0.3 is 0 Å². The van der Waals surface area contributed by atoms with Gasteiger partial charge < -0.3 is 10.2 Å². The average molecular weight is 366 g/mol. The Balaban J connectivity index is 1.64. The third-order valence-corrected chi connectivity index (χ3v) is 4.60. The highest BCUT2D eigenvalue weighted by Gasteiger charge is 2.13. The van der Waals surface area contributed by atoms with Crippen LogP contribution in [0.3, 0.4) is 0 Å². The van der Waals surface area contributed by atoms with Gasteiger partial charge in [-0.15, -0.1) is 0 Å². The van der Waals surface area contributed by atoms with Crippen molar-refractivity contribution in [2.24, 2.45) is 0 Å². The number of aromatic nitrogens is 4. The molecule has 0 aliphatic heterocycles. The number of hydrogen-bond acceptors (Lipinski definition) is 5. The Kier molecular flexibility index (Phi) is 5.16. The van der Waals surface area contributed by atoms with E-state index in [1.807, 2.05) is 13.8 Å². The van der Waals surface area contributed by atoms with Crippen LogP contribution in [0.2, 0.25) is 0 Å². The highest BCUT2D eigenvalue weighted by Crippen LogP contribution is 2.18. The molecule has 2 aromatic heterocycles. The van der Waals surface area contributed by atoms with Crippen molar-refractivity contribution >= 4 is 29.0 Å². The normalized spacial score (nSPS) is 10.8. The van der Waals surface area contributed by atoms with Gasteiger partial charge in [0.05, 0.1) is 0 Å². The second-order valence-electron chi connectivity index (χ2n) is 6.41. The summed E-state index contributed by atoms with van der Waals surface area (Å²) in [6, 6.07) is 7.17. The first kappa shape index (κ1) is 18.5. The van der Waals surface area contributed by atoms with E-state index in [0.29, 0.717) is 24.3 Å². The summed E-state index contributed by atoms with van der Waals surface area (Å²) < 4.78 is 1.69. The Morgan fingerprint density at radius 2 is 1.89 bits per heavy atom. The second kappa shape index (κ2) is 7.53. The Morgan fingerprint density at radius 3 is 2.56 bits per heavy atom. The van der Waals surface area contributed by atoms with Crippen LogP contribution >= 0.6 is 0 Å². The van der Waals surface area contributed by atoms with Gasteiger partial charge in [0.25, 0.3) is 5.78 Å². The lowest BCUT2D eigenvalue weighted by atomic mass is 10.1. The zero-order valence-corrected chi connectivity index (χ0v) is 15.9. The van der Waals surface area contributed by atoms with E-state index in [-0.39, 0.29) is 11.8 Å². The van der Waals surface area contributed by atoms with Gasteiger partial charge in [0, 0.05) is 43.2 Å². The van der Waals surface area contributed by atoms with Crippen molar-refractivity contribution < 1.29 is 9.59 Å². The average Bonchev–Trinajstić information content (AvgIpc) is 3.10. The monoisotopic (exact) mass is 366 g/mol. The number of nitrogens with one attached hydrogen (secondary N) is 1. The van der Waals surface area contributed by atoms with E-state index < -0.39 is 0 Å². The van der Waals surface area contributed by atoms with Crippen molar-refractivity contribution in [2.45, 2.75) is 33.6 Å². The lowest BCUT2D eigenvalue weighted by Crippen LogP contribution is -2.22. The van der Waals surface area contributed by atoms with Gasteiger partial charge in [0.2, 0.25) is 11.8 Å². The summed E-state index contributed by atoms with van der Waals surface area (Å²) in [6.07, 6.45) is 2.37. The summed E-state index contributed by atoms with van der Waals surface area (Å²) in [7, 11) is 1.71. The van der Waals surface area contributed by atoms with E-state index >= 15 is 0 Å². The lowest BCUT2D eigenvalue weighted by Gasteiger charge is -2.15. The molecule has 0 fully saturated rings. The van der Waals surface area contributed by atoms with Gasteiger partial charge in [0.1, 0.15) is 6.33 Å². The van der Waals surface area contributed by atoms with Crippen molar-refractivity contribution in [3.63, 3.8) is 0 Å². The fourth-order valence-electron chi connectivity index (χ4n) is 2.93. The van der Waals surface area contributed by atoms with Crippen molar-refractivity contribution in [3.8, 4) is 0 Å². The van der Waals surface area contributed by atoms with Crippen LogP contribution in [0.4, 0.5) is 11.4 Å². The number of nitrogens with zero attached hydrogens (tertiary/aromatic N) is 5. The molecule has 0 atom stereocenters. The maximum Gasteiger partial charge on any atom is 0.252 e. The number of aryl methyl sites for hydroxylation is 2. The van der Waals surface area contributed by atoms with Gasteiger partial charge in [0.15, 0.2) is 0 Å². The standard InChI is InChI=1S/C19H22N6O2/c1-12-17(13(2)25-19(22-12)20-11-21-25)9-10-18(27)23-15-5-7-16(8-6-15)24(4)14(3)26/h5-8,11H,9-10H2,1-4H3,(H,23,27). The van der Waals surface area contributed by atoms with Crippen LogP contribution in [-0.4, -0.2) is 38.4 Å². The first-order chi connectivity index (χ1) is 12.9. The van der Waals surface area contributed by atoms with Gasteiger partial charge in [-0.1, -0.05) is 0 Å². The molecule has 3 rings (SSSR count). The molecule has 8 nitrogen and oxygen atoms in total. The first-order valence-electron chi connectivity index (χ1n) is 8.67. The van der Waals surface area contributed by atoms with Crippen molar-refractivity contribution in [3.05, 3.63) is 47.5 Å². The largest absolute Gasteiger partial charge is 0.326 e. The van der Waals surface area contributed by atoms with Crippen molar-refractivity contribution in [1.82, 2.24) is 19.6 Å². The van der Waals surface area contributed by atoms with Crippen LogP contribution in [0, 0.1) is 13.8 Å². The summed E-state index contributed by atoms with van der Waals surface area (Å²) >= 11 is 0. The molecule has 8 heteroatoms. The molecule has 3 aromatic rings. The molecular formula is C19H22N6O2. The quantitative estimate of drug-likeness (QED) is 0.748. The van der Waals surface area contributed by atoms with E-state index in [1.165, 1.54) is 13.3 Å². The number of carbonyl (C=O) groups excluding carboxylic acids is 2. The minimum atomic E-state index is -0.0832. The fourth-order valence-corrected chi connectivity index (χ4v) is 2.93. The summed E-state index contributed by atoms with van der Waals surface area (Å²) in [6.45, 7) is 5.37. The van der Waals surface area contributed by atoms with Crippen molar-refractivity contribution in [1.29, 1.82) is 0 Å². The molecular weight excluding hydrogens is 344 g/mol. The number of fused-ring (bicyclic) bond motifs is 1. The third-order valence-electron chi connectivity index (χ3n) is 4.60. The van der Waals surface area contributed by atoms with Crippen LogP contribution in [-0.2, 0) is 16.0 Å². The Morgan fingerprint density at radius 1 is 1.19 bits per heavy atom. The van der Waals surface area contributed by atoms with Gasteiger partial charge in [-0.25, -0.2) is 9.50 Å². The zero-order valence-electron chi connectivity index (χ0n) is 15.9. The predicted molar refractivity (Wildman–Crippen MR) is 103 cm³/mol. The maximum absolute atomic E-state index is 12.3. The number of hydrogen-bond donors (Lipinski definition) is 1. The number of carbonyl (C=O) groups is 2. The van der Waals surface area contributed by atoms with Crippen LogP contribution < -0.4 is 10.2 Å². The van der Waals surface area contributed by atoms with Crippen LogP contribution in [0.25, 0.3) is 5.78 Å². The Bertz CT molecular complexity index is 993.